The van der Waals surface area contributed by atoms with Gasteiger partial charge in [-0.15, -0.1) is 0 Å². The summed E-state index contributed by atoms with van der Waals surface area (Å²) in [6.07, 6.45) is 3.70. The smallest absolute Gasteiger partial charge is 0.255 e. The van der Waals surface area contributed by atoms with Crippen LogP contribution in [0.15, 0.2) is 18.3 Å². The van der Waals surface area contributed by atoms with Gasteiger partial charge in [0.05, 0.1) is 12.2 Å². The van der Waals surface area contributed by atoms with Crippen LogP contribution in [-0.4, -0.2) is 36.7 Å². The second-order valence-electron chi connectivity index (χ2n) is 5.21. The third-order valence-electron chi connectivity index (χ3n) is 3.63. The van der Waals surface area contributed by atoms with Gasteiger partial charge in [-0.25, -0.2) is 4.98 Å². The Balaban J connectivity index is 2.00. The Bertz CT molecular complexity index is 444. The average Bonchev–Trinajstić information content (AvgIpc) is 2.99. The summed E-state index contributed by atoms with van der Waals surface area (Å²) >= 11 is 0. The number of nitrogens with one attached hydrogen (secondary N) is 2. The van der Waals surface area contributed by atoms with E-state index < -0.39 is 0 Å². The second-order valence-corrected chi connectivity index (χ2v) is 5.21. The molecule has 1 fully saturated rings. The third kappa shape index (κ3) is 3.70. The number of pyridine rings is 1. The number of nitrogens with zero attached hydrogens (tertiary/aromatic N) is 1. The first-order chi connectivity index (χ1) is 9.72. The van der Waals surface area contributed by atoms with Gasteiger partial charge in [-0.3, -0.25) is 4.79 Å². The molecule has 2 heterocycles. The summed E-state index contributed by atoms with van der Waals surface area (Å²) in [5.41, 5.74) is 0.603. The van der Waals surface area contributed by atoms with Crippen LogP contribution < -0.4 is 10.6 Å². The number of anilines is 1. The van der Waals surface area contributed by atoms with Crippen molar-refractivity contribution in [3.8, 4) is 0 Å². The number of aromatic nitrogens is 1. The molecule has 0 aromatic carbocycles. The Morgan fingerprint density at radius 2 is 2.45 bits per heavy atom. The first-order valence-corrected chi connectivity index (χ1v) is 7.30. The average molecular weight is 277 g/mol. The maximum atomic E-state index is 12.4. The van der Waals surface area contributed by atoms with Crippen LogP contribution in [0.5, 0.6) is 0 Å². The van der Waals surface area contributed by atoms with Crippen LogP contribution >= 0.6 is 0 Å². The molecule has 5 nitrogen and oxygen atoms in total. The molecule has 0 bridgehead atoms. The van der Waals surface area contributed by atoms with Crippen LogP contribution in [0.4, 0.5) is 5.82 Å². The van der Waals surface area contributed by atoms with Gasteiger partial charge in [0.25, 0.3) is 5.91 Å². The lowest BCUT2D eigenvalue weighted by Gasteiger charge is -2.20. The van der Waals surface area contributed by atoms with Crippen molar-refractivity contribution >= 4 is 11.7 Å². The predicted octanol–water partition coefficient (Wildman–Crippen LogP) is 2.06. The van der Waals surface area contributed by atoms with Gasteiger partial charge < -0.3 is 15.4 Å². The highest BCUT2D eigenvalue weighted by Crippen LogP contribution is 2.18. The lowest BCUT2D eigenvalue weighted by atomic mass is 10.0. The van der Waals surface area contributed by atoms with Crippen molar-refractivity contribution in [1.82, 2.24) is 10.3 Å². The van der Waals surface area contributed by atoms with Gasteiger partial charge >= 0.3 is 0 Å². The van der Waals surface area contributed by atoms with Crippen molar-refractivity contribution in [3.05, 3.63) is 23.9 Å². The number of carbonyl (C=O) groups is 1. The third-order valence-corrected chi connectivity index (χ3v) is 3.63. The van der Waals surface area contributed by atoms with Gasteiger partial charge in [0.1, 0.15) is 5.82 Å². The Kier molecular flexibility index (Phi) is 5.35. The summed E-state index contributed by atoms with van der Waals surface area (Å²) in [7, 11) is 0. The number of rotatable bonds is 6. The van der Waals surface area contributed by atoms with Gasteiger partial charge in [-0.2, -0.15) is 0 Å². The molecule has 1 aliphatic rings. The molecule has 5 heteroatoms. The maximum absolute atomic E-state index is 12.4. The molecule has 2 unspecified atom stereocenters. The molecule has 1 amide bonds. The zero-order chi connectivity index (χ0) is 14.4. The van der Waals surface area contributed by atoms with Crippen molar-refractivity contribution in [3.63, 3.8) is 0 Å². The summed E-state index contributed by atoms with van der Waals surface area (Å²) in [4.78, 5) is 16.6. The van der Waals surface area contributed by atoms with E-state index in [0.717, 1.165) is 32.6 Å². The van der Waals surface area contributed by atoms with E-state index in [0.29, 0.717) is 17.3 Å². The molecular weight excluding hydrogens is 254 g/mol. The normalized spacial score (nSPS) is 19.6. The first kappa shape index (κ1) is 14.8. The number of hydrogen-bond donors (Lipinski definition) is 2. The SMILES string of the molecule is CCCNc1ncccc1C(=O)NC(C)C1CCOC1. The van der Waals surface area contributed by atoms with Crippen LogP contribution in [0.25, 0.3) is 0 Å². The molecule has 1 aromatic heterocycles. The molecular formula is C15H23N3O2. The zero-order valence-corrected chi connectivity index (χ0v) is 12.2. The molecule has 2 N–H and O–H groups in total. The number of amides is 1. The molecule has 1 saturated heterocycles. The van der Waals surface area contributed by atoms with Crippen molar-refractivity contribution in [1.29, 1.82) is 0 Å². The monoisotopic (exact) mass is 277 g/mol. The van der Waals surface area contributed by atoms with Gasteiger partial charge in [0.2, 0.25) is 0 Å². The van der Waals surface area contributed by atoms with Crippen molar-refractivity contribution in [2.24, 2.45) is 5.92 Å². The highest BCUT2D eigenvalue weighted by molar-refractivity contribution is 5.98. The van der Waals surface area contributed by atoms with E-state index in [-0.39, 0.29) is 11.9 Å². The van der Waals surface area contributed by atoms with E-state index in [1.165, 1.54) is 0 Å². The summed E-state index contributed by atoms with van der Waals surface area (Å²) < 4.78 is 5.37. The van der Waals surface area contributed by atoms with E-state index in [1.54, 1.807) is 18.3 Å². The van der Waals surface area contributed by atoms with Crippen LogP contribution in [0.2, 0.25) is 0 Å². The lowest BCUT2D eigenvalue weighted by molar-refractivity contribution is 0.0922. The Morgan fingerprint density at radius 1 is 1.60 bits per heavy atom. The molecule has 2 atom stereocenters. The molecule has 0 saturated carbocycles. The standard InChI is InChI=1S/C15H23N3O2/c1-3-7-16-14-13(5-4-8-17-14)15(19)18-11(2)12-6-9-20-10-12/h4-5,8,11-12H,3,6-7,9-10H2,1-2H3,(H,16,17)(H,18,19). The van der Waals surface area contributed by atoms with Crippen LogP contribution in [-0.2, 0) is 4.74 Å². The fourth-order valence-corrected chi connectivity index (χ4v) is 2.32. The van der Waals surface area contributed by atoms with E-state index in [9.17, 15) is 4.79 Å². The molecule has 0 aliphatic carbocycles. The molecule has 1 aliphatic heterocycles. The fraction of sp³-hybridized carbons (Fsp3) is 0.600. The number of hydrogen-bond acceptors (Lipinski definition) is 4. The molecule has 110 valence electrons. The van der Waals surface area contributed by atoms with Crippen molar-refractivity contribution in [2.75, 3.05) is 25.1 Å². The van der Waals surface area contributed by atoms with Gasteiger partial charge in [-0.1, -0.05) is 6.92 Å². The van der Waals surface area contributed by atoms with E-state index >= 15 is 0 Å². The topological polar surface area (TPSA) is 63.2 Å². The fourth-order valence-electron chi connectivity index (χ4n) is 2.32. The minimum Gasteiger partial charge on any atom is -0.381 e. The quantitative estimate of drug-likeness (QED) is 0.835. The predicted molar refractivity (Wildman–Crippen MR) is 78.9 cm³/mol. The minimum atomic E-state index is -0.0731. The largest absolute Gasteiger partial charge is 0.381 e. The summed E-state index contributed by atoms with van der Waals surface area (Å²) in [5.74, 6) is 0.987. The molecule has 20 heavy (non-hydrogen) atoms. The minimum absolute atomic E-state index is 0.0731. The van der Waals surface area contributed by atoms with Gasteiger partial charge in [-0.05, 0) is 31.9 Å². The Labute approximate surface area is 120 Å². The highest BCUT2D eigenvalue weighted by Gasteiger charge is 2.24. The van der Waals surface area contributed by atoms with Crippen LogP contribution in [0.1, 0.15) is 37.0 Å². The molecule has 2 rings (SSSR count). The molecule has 0 spiro atoms. The van der Waals surface area contributed by atoms with Crippen LogP contribution in [0, 0.1) is 5.92 Å². The number of carbonyl (C=O) groups excluding carboxylic acids is 1. The lowest BCUT2D eigenvalue weighted by Crippen LogP contribution is -2.38. The Hall–Kier alpha value is -1.62. The Morgan fingerprint density at radius 3 is 3.15 bits per heavy atom. The zero-order valence-electron chi connectivity index (χ0n) is 12.2. The highest BCUT2D eigenvalue weighted by atomic mass is 16.5. The van der Waals surface area contributed by atoms with Gasteiger partial charge in [0.15, 0.2) is 0 Å². The van der Waals surface area contributed by atoms with E-state index in [1.807, 2.05) is 6.92 Å². The van der Waals surface area contributed by atoms with Crippen molar-refractivity contribution < 1.29 is 9.53 Å². The van der Waals surface area contributed by atoms with E-state index in [2.05, 4.69) is 22.5 Å². The van der Waals surface area contributed by atoms with E-state index in [4.69, 9.17) is 4.74 Å². The first-order valence-electron chi connectivity index (χ1n) is 7.30. The number of ether oxygens (including phenoxy) is 1. The van der Waals surface area contributed by atoms with Crippen molar-refractivity contribution in [2.45, 2.75) is 32.7 Å². The second kappa shape index (κ2) is 7.24. The summed E-state index contributed by atoms with van der Waals surface area (Å²) in [6, 6.07) is 3.71. The maximum Gasteiger partial charge on any atom is 0.255 e. The summed E-state index contributed by atoms with van der Waals surface area (Å²) in [5, 5.41) is 6.25. The molecule has 1 aromatic rings. The summed E-state index contributed by atoms with van der Waals surface area (Å²) in [6.45, 7) is 6.45. The molecule has 0 radical (unpaired) electrons. The van der Waals surface area contributed by atoms with Crippen LogP contribution in [0.3, 0.4) is 0 Å². The van der Waals surface area contributed by atoms with Gasteiger partial charge in [0, 0.05) is 31.3 Å².